The van der Waals surface area contributed by atoms with Gasteiger partial charge in [0.2, 0.25) is 0 Å². The van der Waals surface area contributed by atoms with Crippen LogP contribution in [0.25, 0.3) is 0 Å². The highest BCUT2D eigenvalue weighted by molar-refractivity contribution is 5.08. The molecular formula is C8H8F8O. The van der Waals surface area contributed by atoms with Crippen molar-refractivity contribution in [3.8, 4) is 0 Å². The van der Waals surface area contributed by atoms with Crippen LogP contribution in [0.2, 0.25) is 0 Å². The van der Waals surface area contributed by atoms with Gasteiger partial charge in [0.1, 0.15) is 0 Å². The fourth-order valence-corrected chi connectivity index (χ4v) is 1.31. The fraction of sp³-hybridized carbons (Fsp3) is 1.00. The summed E-state index contributed by atoms with van der Waals surface area (Å²) in [6.45, 7) is 1.31. The first-order valence-corrected chi connectivity index (χ1v) is 4.57. The first-order chi connectivity index (χ1) is 7.50. The monoisotopic (exact) mass is 272 g/mol. The molecule has 0 aromatic rings. The van der Waals surface area contributed by atoms with Crippen molar-refractivity contribution in [3.05, 3.63) is 0 Å². The van der Waals surface area contributed by atoms with E-state index in [4.69, 9.17) is 0 Å². The van der Waals surface area contributed by atoms with Gasteiger partial charge < -0.3 is 4.74 Å². The molecule has 9 heteroatoms. The molecule has 102 valence electrons. The lowest BCUT2D eigenvalue weighted by atomic mass is 9.99. The standard InChI is InChI=1S/C8H8F8O/c1-2-3-4(17-3)6(11,12)8(15,16)7(13,14)5(9)10/h3-5H,2H2,1H3. The highest BCUT2D eigenvalue weighted by atomic mass is 19.4. The highest BCUT2D eigenvalue weighted by Gasteiger charge is 2.80. The van der Waals surface area contributed by atoms with E-state index >= 15 is 0 Å². The molecule has 1 fully saturated rings. The van der Waals surface area contributed by atoms with Crippen LogP contribution in [0.3, 0.4) is 0 Å². The van der Waals surface area contributed by atoms with Crippen molar-refractivity contribution in [3.63, 3.8) is 0 Å². The molecular weight excluding hydrogens is 264 g/mol. The molecule has 0 aromatic carbocycles. The molecule has 0 bridgehead atoms. The average Bonchev–Trinajstić information content (AvgIpc) is 2.95. The molecule has 2 atom stereocenters. The van der Waals surface area contributed by atoms with Gasteiger partial charge in [-0.2, -0.15) is 26.3 Å². The minimum absolute atomic E-state index is 0.101. The van der Waals surface area contributed by atoms with Gasteiger partial charge in [-0.3, -0.25) is 0 Å². The Hall–Kier alpha value is -0.600. The van der Waals surface area contributed by atoms with E-state index in [2.05, 4.69) is 4.74 Å². The van der Waals surface area contributed by atoms with Gasteiger partial charge in [-0.25, -0.2) is 8.78 Å². The normalized spacial score (nSPS) is 26.5. The molecule has 0 saturated carbocycles. The predicted molar refractivity (Wildman–Crippen MR) is 39.8 cm³/mol. The second-order valence-electron chi connectivity index (χ2n) is 3.62. The molecule has 1 heterocycles. The van der Waals surface area contributed by atoms with Gasteiger partial charge in [-0.05, 0) is 6.42 Å². The zero-order valence-electron chi connectivity index (χ0n) is 8.37. The molecule has 0 N–H and O–H groups in total. The van der Waals surface area contributed by atoms with Gasteiger partial charge >= 0.3 is 24.2 Å². The van der Waals surface area contributed by atoms with E-state index in [9.17, 15) is 35.1 Å². The Morgan fingerprint density at radius 1 is 1.06 bits per heavy atom. The molecule has 0 spiro atoms. The Labute approximate surface area is 90.7 Å². The third-order valence-corrected chi connectivity index (χ3v) is 2.45. The summed E-state index contributed by atoms with van der Waals surface area (Å²) in [4.78, 5) is 0. The second kappa shape index (κ2) is 3.96. The van der Waals surface area contributed by atoms with E-state index in [1.165, 1.54) is 6.92 Å². The van der Waals surface area contributed by atoms with Gasteiger partial charge in [0.15, 0.2) is 6.10 Å². The van der Waals surface area contributed by atoms with Gasteiger partial charge in [0.05, 0.1) is 6.10 Å². The number of hydrogen-bond acceptors (Lipinski definition) is 1. The average molecular weight is 272 g/mol. The van der Waals surface area contributed by atoms with Crippen LogP contribution in [-0.4, -0.2) is 36.4 Å². The number of ether oxygens (including phenoxy) is 1. The van der Waals surface area contributed by atoms with Crippen molar-refractivity contribution in [1.82, 2.24) is 0 Å². The summed E-state index contributed by atoms with van der Waals surface area (Å²) >= 11 is 0. The second-order valence-corrected chi connectivity index (χ2v) is 3.62. The summed E-state index contributed by atoms with van der Waals surface area (Å²) in [5.74, 6) is -17.6. The van der Waals surface area contributed by atoms with Crippen LogP contribution < -0.4 is 0 Å². The van der Waals surface area contributed by atoms with Crippen molar-refractivity contribution in [2.24, 2.45) is 0 Å². The quantitative estimate of drug-likeness (QED) is 0.552. The fourth-order valence-electron chi connectivity index (χ4n) is 1.31. The van der Waals surface area contributed by atoms with Gasteiger partial charge in [0.25, 0.3) is 0 Å². The Morgan fingerprint density at radius 2 is 1.53 bits per heavy atom. The summed E-state index contributed by atoms with van der Waals surface area (Å²) in [6.07, 6.45) is -8.75. The molecule has 1 aliphatic heterocycles. The molecule has 1 aliphatic rings. The molecule has 1 rings (SSSR count). The van der Waals surface area contributed by atoms with E-state index in [-0.39, 0.29) is 6.42 Å². The number of rotatable bonds is 5. The summed E-state index contributed by atoms with van der Waals surface area (Å²) < 4.78 is 104. The third kappa shape index (κ3) is 1.98. The van der Waals surface area contributed by atoms with Crippen molar-refractivity contribution in [2.45, 2.75) is 49.7 Å². The zero-order valence-corrected chi connectivity index (χ0v) is 8.37. The molecule has 0 amide bonds. The van der Waals surface area contributed by atoms with E-state index in [0.717, 1.165) is 0 Å². The molecule has 17 heavy (non-hydrogen) atoms. The number of epoxide rings is 1. The molecule has 0 radical (unpaired) electrons. The van der Waals surface area contributed by atoms with Crippen molar-refractivity contribution >= 4 is 0 Å². The van der Waals surface area contributed by atoms with Crippen molar-refractivity contribution < 1.29 is 39.9 Å². The Morgan fingerprint density at radius 3 is 1.82 bits per heavy atom. The summed E-state index contributed by atoms with van der Waals surface area (Å²) in [7, 11) is 0. The Bertz CT molecular complexity index is 289. The number of halogens is 8. The largest absolute Gasteiger partial charge is 0.380 e. The maximum Gasteiger partial charge on any atom is 0.380 e. The van der Waals surface area contributed by atoms with Crippen LogP contribution in [0, 0.1) is 0 Å². The third-order valence-electron chi connectivity index (χ3n) is 2.45. The molecule has 0 aromatic heterocycles. The van der Waals surface area contributed by atoms with E-state index in [0.29, 0.717) is 0 Å². The SMILES string of the molecule is CCC1OC1C(F)(F)C(F)(F)C(F)(F)C(F)F. The van der Waals surface area contributed by atoms with Crippen LogP contribution in [0.1, 0.15) is 13.3 Å². The van der Waals surface area contributed by atoms with Crippen molar-refractivity contribution in [2.75, 3.05) is 0 Å². The van der Waals surface area contributed by atoms with E-state index in [1.54, 1.807) is 0 Å². The Balaban J connectivity index is 2.97. The van der Waals surface area contributed by atoms with Crippen LogP contribution in [0.15, 0.2) is 0 Å². The van der Waals surface area contributed by atoms with Crippen LogP contribution in [0.5, 0.6) is 0 Å². The van der Waals surface area contributed by atoms with Crippen LogP contribution in [0.4, 0.5) is 35.1 Å². The first kappa shape index (κ1) is 14.5. The maximum absolute atomic E-state index is 13.0. The Kier molecular flexibility index (Phi) is 3.37. The molecule has 1 nitrogen and oxygen atoms in total. The summed E-state index contributed by atoms with van der Waals surface area (Å²) in [5.41, 5.74) is 0. The van der Waals surface area contributed by atoms with Gasteiger partial charge in [-0.1, -0.05) is 6.92 Å². The lowest BCUT2D eigenvalue weighted by molar-refractivity contribution is -0.341. The minimum atomic E-state index is -6.16. The van der Waals surface area contributed by atoms with Crippen LogP contribution in [-0.2, 0) is 4.74 Å². The van der Waals surface area contributed by atoms with Gasteiger partial charge in [0, 0.05) is 0 Å². The van der Waals surface area contributed by atoms with E-state index < -0.39 is 36.4 Å². The molecule has 2 unspecified atom stereocenters. The maximum atomic E-state index is 13.0. The molecule has 1 saturated heterocycles. The summed E-state index contributed by atoms with van der Waals surface area (Å²) in [6, 6.07) is 0. The van der Waals surface area contributed by atoms with Crippen molar-refractivity contribution in [1.29, 1.82) is 0 Å². The number of alkyl halides is 8. The van der Waals surface area contributed by atoms with E-state index in [1.807, 2.05) is 0 Å². The van der Waals surface area contributed by atoms with Crippen LogP contribution >= 0.6 is 0 Å². The summed E-state index contributed by atoms with van der Waals surface area (Å²) in [5, 5.41) is 0. The predicted octanol–water partition coefficient (Wildman–Crippen LogP) is 3.33. The molecule has 0 aliphatic carbocycles. The first-order valence-electron chi connectivity index (χ1n) is 4.57. The zero-order chi connectivity index (χ0) is 13.6. The number of hydrogen-bond donors (Lipinski definition) is 0. The van der Waals surface area contributed by atoms with Gasteiger partial charge in [-0.15, -0.1) is 0 Å². The minimum Gasteiger partial charge on any atom is -0.363 e. The lowest BCUT2D eigenvalue weighted by Gasteiger charge is -2.31. The smallest absolute Gasteiger partial charge is 0.363 e. The topological polar surface area (TPSA) is 12.5 Å². The highest BCUT2D eigenvalue weighted by Crippen LogP contribution is 2.54. The lowest BCUT2D eigenvalue weighted by Crippen LogP contribution is -2.60.